The van der Waals surface area contributed by atoms with Gasteiger partial charge < -0.3 is 10.7 Å². The number of aryl methyl sites for hydroxylation is 2. The van der Waals surface area contributed by atoms with Crippen molar-refractivity contribution in [3.8, 4) is 0 Å². The SMILES string of the molecule is Nc1ccc2nc(CCCc3nc4ccccc4s3)[nH]c2c1. The van der Waals surface area contributed by atoms with Crippen molar-refractivity contribution in [1.82, 2.24) is 15.0 Å². The van der Waals surface area contributed by atoms with E-state index in [0.29, 0.717) is 0 Å². The molecule has 3 N–H and O–H groups in total. The second-order valence-corrected chi connectivity index (χ2v) is 6.50. The van der Waals surface area contributed by atoms with Crippen molar-refractivity contribution >= 4 is 38.3 Å². The first-order chi connectivity index (χ1) is 10.8. The second-order valence-electron chi connectivity index (χ2n) is 5.39. The number of imidazole rings is 1. The predicted octanol–water partition coefficient (Wildman–Crippen LogP) is 3.93. The summed E-state index contributed by atoms with van der Waals surface area (Å²) in [7, 11) is 0. The van der Waals surface area contributed by atoms with Crippen molar-refractivity contribution in [2.75, 3.05) is 5.73 Å². The topological polar surface area (TPSA) is 67.6 Å². The van der Waals surface area contributed by atoms with E-state index in [9.17, 15) is 0 Å². The van der Waals surface area contributed by atoms with Gasteiger partial charge in [-0.3, -0.25) is 0 Å². The van der Waals surface area contributed by atoms with E-state index in [1.807, 2.05) is 24.3 Å². The highest BCUT2D eigenvalue weighted by Crippen LogP contribution is 2.23. The molecule has 4 aromatic rings. The summed E-state index contributed by atoms with van der Waals surface area (Å²) in [6.45, 7) is 0. The van der Waals surface area contributed by atoms with E-state index in [2.05, 4.69) is 33.2 Å². The molecule has 4 nitrogen and oxygen atoms in total. The van der Waals surface area contributed by atoms with Crippen LogP contribution in [0.1, 0.15) is 17.3 Å². The number of nitrogen functional groups attached to an aromatic ring is 1. The first-order valence-electron chi connectivity index (χ1n) is 7.36. The highest BCUT2D eigenvalue weighted by atomic mass is 32.1. The number of hydrogen-bond acceptors (Lipinski definition) is 4. The first kappa shape index (κ1) is 13.3. The molecule has 2 aromatic heterocycles. The van der Waals surface area contributed by atoms with Gasteiger partial charge in [0, 0.05) is 12.1 Å². The van der Waals surface area contributed by atoms with Crippen LogP contribution in [0.3, 0.4) is 0 Å². The minimum absolute atomic E-state index is 0.761. The standard InChI is InChI=1S/C17H16N4S/c18-11-8-9-12-14(10-11)20-16(19-12)6-3-7-17-21-13-4-1-2-5-15(13)22-17/h1-2,4-5,8-10H,3,6-7,18H2,(H,19,20). The van der Waals surface area contributed by atoms with Gasteiger partial charge in [0.15, 0.2) is 0 Å². The number of para-hydroxylation sites is 1. The van der Waals surface area contributed by atoms with Crippen LogP contribution in [0.25, 0.3) is 21.3 Å². The zero-order chi connectivity index (χ0) is 14.9. The molecular formula is C17H16N4S. The molecule has 0 bridgehead atoms. The Morgan fingerprint density at radius 3 is 2.82 bits per heavy atom. The summed E-state index contributed by atoms with van der Waals surface area (Å²) < 4.78 is 1.26. The fourth-order valence-corrected chi connectivity index (χ4v) is 3.64. The fourth-order valence-electron chi connectivity index (χ4n) is 2.63. The van der Waals surface area contributed by atoms with Crippen LogP contribution >= 0.6 is 11.3 Å². The van der Waals surface area contributed by atoms with Crippen molar-refractivity contribution in [3.63, 3.8) is 0 Å². The van der Waals surface area contributed by atoms with E-state index < -0.39 is 0 Å². The minimum Gasteiger partial charge on any atom is -0.399 e. The van der Waals surface area contributed by atoms with Crippen LogP contribution in [0.5, 0.6) is 0 Å². The summed E-state index contributed by atoms with van der Waals surface area (Å²) >= 11 is 1.78. The molecule has 0 fully saturated rings. The number of nitrogens with two attached hydrogens (primary N) is 1. The van der Waals surface area contributed by atoms with E-state index in [1.54, 1.807) is 11.3 Å². The molecule has 0 atom stereocenters. The summed E-state index contributed by atoms with van der Waals surface area (Å²) in [6.07, 6.45) is 2.94. The number of nitrogens with zero attached hydrogens (tertiary/aromatic N) is 2. The number of aromatic nitrogens is 3. The molecule has 0 unspecified atom stereocenters. The molecule has 0 radical (unpaired) electrons. The molecule has 0 amide bonds. The van der Waals surface area contributed by atoms with Crippen LogP contribution in [-0.2, 0) is 12.8 Å². The number of H-pyrrole nitrogens is 1. The number of hydrogen-bond donors (Lipinski definition) is 2. The number of anilines is 1. The molecule has 0 aliphatic rings. The van der Waals surface area contributed by atoms with E-state index >= 15 is 0 Å². The van der Waals surface area contributed by atoms with E-state index in [-0.39, 0.29) is 0 Å². The Balaban J connectivity index is 1.45. The molecule has 2 heterocycles. The van der Waals surface area contributed by atoms with Crippen molar-refractivity contribution in [2.45, 2.75) is 19.3 Å². The Morgan fingerprint density at radius 1 is 1.00 bits per heavy atom. The van der Waals surface area contributed by atoms with Crippen molar-refractivity contribution in [3.05, 3.63) is 53.3 Å². The Kier molecular flexibility index (Phi) is 3.27. The molecular weight excluding hydrogens is 292 g/mol. The maximum absolute atomic E-state index is 5.79. The van der Waals surface area contributed by atoms with Crippen LogP contribution in [0, 0.1) is 0 Å². The Labute approximate surface area is 132 Å². The molecule has 0 aliphatic heterocycles. The molecule has 0 aliphatic carbocycles. The third kappa shape index (κ3) is 2.55. The van der Waals surface area contributed by atoms with Gasteiger partial charge in [0.05, 0.1) is 26.3 Å². The lowest BCUT2D eigenvalue weighted by atomic mass is 10.2. The number of aromatic amines is 1. The molecule has 4 rings (SSSR count). The van der Waals surface area contributed by atoms with Gasteiger partial charge in [-0.15, -0.1) is 11.3 Å². The zero-order valence-corrected chi connectivity index (χ0v) is 12.9. The smallest absolute Gasteiger partial charge is 0.107 e. The fraction of sp³-hybridized carbons (Fsp3) is 0.176. The normalized spacial score (nSPS) is 11.5. The minimum atomic E-state index is 0.761. The quantitative estimate of drug-likeness (QED) is 0.561. The van der Waals surface area contributed by atoms with Gasteiger partial charge in [0.2, 0.25) is 0 Å². The monoisotopic (exact) mass is 308 g/mol. The van der Waals surface area contributed by atoms with E-state index in [0.717, 1.165) is 47.3 Å². The first-order valence-corrected chi connectivity index (χ1v) is 8.18. The van der Waals surface area contributed by atoms with Crippen molar-refractivity contribution in [2.24, 2.45) is 0 Å². The molecule has 0 saturated heterocycles. The summed E-state index contributed by atoms with van der Waals surface area (Å²) in [5, 5.41) is 1.20. The van der Waals surface area contributed by atoms with Gasteiger partial charge in [-0.1, -0.05) is 12.1 Å². The lowest BCUT2D eigenvalue weighted by Gasteiger charge is -1.95. The second kappa shape index (κ2) is 5.42. The predicted molar refractivity (Wildman–Crippen MR) is 92.2 cm³/mol. The zero-order valence-electron chi connectivity index (χ0n) is 12.0. The van der Waals surface area contributed by atoms with Gasteiger partial charge in [-0.05, 0) is 43.2 Å². The third-order valence-corrected chi connectivity index (χ3v) is 4.79. The Bertz CT molecular complexity index is 905. The summed E-state index contributed by atoms with van der Waals surface area (Å²) in [5.41, 5.74) is 9.64. The molecule has 22 heavy (non-hydrogen) atoms. The molecule has 110 valence electrons. The largest absolute Gasteiger partial charge is 0.399 e. The van der Waals surface area contributed by atoms with E-state index in [4.69, 9.17) is 5.73 Å². The van der Waals surface area contributed by atoms with Crippen LogP contribution in [0.15, 0.2) is 42.5 Å². The number of benzene rings is 2. The number of nitrogens with one attached hydrogen (secondary N) is 1. The number of fused-ring (bicyclic) bond motifs is 2. The van der Waals surface area contributed by atoms with Crippen LogP contribution in [-0.4, -0.2) is 15.0 Å². The Morgan fingerprint density at radius 2 is 1.91 bits per heavy atom. The van der Waals surface area contributed by atoms with Crippen molar-refractivity contribution in [1.29, 1.82) is 0 Å². The van der Waals surface area contributed by atoms with Gasteiger partial charge in [-0.2, -0.15) is 0 Å². The maximum Gasteiger partial charge on any atom is 0.107 e. The summed E-state index contributed by atoms with van der Waals surface area (Å²) in [6, 6.07) is 14.1. The van der Waals surface area contributed by atoms with Gasteiger partial charge >= 0.3 is 0 Å². The van der Waals surface area contributed by atoms with Crippen LogP contribution < -0.4 is 5.73 Å². The van der Waals surface area contributed by atoms with Crippen LogP contribution in [0.2, 0.25) is 0 Å². The Hall–Kier alpha value is -2.40. The highest BCUT2D eigenvalue weighted by molar-refractivity contribution is 7.18. The average molecular weight is 308 g/mol. The molecule has 2 aromatic carbocycles. The molecule has 0 saturated carbocycles. The molecule has 0 spiro atoms. The molecule has 5 heteroatoms. The summed E-state index contributed by atoms with van der Waals surface area (Å²) in [5.74, 6) is 1.02. The van der Waals surface area contributed by atoms with E-state index in [1.165, 1.54) is 9.71 Å². The van der Waals surface area contributed by atoms with Crippen molar-refractivity contribution < 1.29 is 0 Å². The lowest BCUT2D eigenvalue weighted by molar-refractivity contribution is 0.783. The highest BCUT2D eigenvalue weighted by Gasteiger charge is 2.06. The average Bonchev–Trinajstić information content (AvgIpc) is 3.09. The van der Waals surface area contributed by atoms with Gasteiger partial charge in [0.25, 0.3) is 0 Å². The number of thiazole rings is 1. The van der Waals surface area contributed by atoms with Gasteiger partial charge in [-0.25, -0.2) is 9.97 Å². The third-order valence-electron chi connectivity index (χ3n) is 3.70. The maximum atomic E-state index is 5.79. The lowest BCUT2D eigenvalue weighted by Crippen LogP contribution is -1.91. The van der Waals surface area contributed by atoms with Gasteiger partial charge in [0.1, 0.15) is 5.82 Å². The van der Waals surface area contributed by atoms with Crippen LogP contribution in [0.4, 0.5) is 5.69 Å². The number of rotatable bonds is 4. The summed E-state index contributed by atoms with van der Waals surface area (Å²) in [4.78, 5) is 12.6.